The van der Waals surface area contributed by atoms with E-state index in [0.29, 0.717) is 0 Å². The molecular formula is C3H4N2S. The maximum Gasteiger partial charge on any atom is 0.166 e. The van der Waals surface area contributed by atoms with Crippen LogP contribution in [0.4, 0.5) is 0 Å². The number of rotatable bonds is 0. The molecule has 0 heterocycles. The van der Waals surface area contributed by atoms with E-state index in [9.17, 15) is 0 Å². The van der Waals surface area contributed by atoms with Crippen LogP contribution in [0.25, 0.3) is 0 Å². The minimum absolute atomic E-state index is 0.0648. The largest absolute Gasteiger partial charge is 0.284 e. The Morgan fingerprint density at radius 2 is 2.50 bits per heavy atom. The van der Waals surface area contributed by atoms with E-state index in [1.54, 1.807) is 12.3 Å². The number of hydrogen-bond acceptors (Lipinski definition) is 3. The molecule has 0 fully saturated rings. The van der Waals surface area contributed by atoms with Gasteiger partial charge in [0.1, 0.15) is 6.07 Å². The van der Waals surface area contributed by atoms with E-state index < -0.39 is 0 Å². The van der Waals surface area contributed by atoms with Crippen LogP contribution >= 0.6 is 11.8 Å². The zero-order chi connectivity index (χ0) is 4.99. The number of hydrogen-bond donors (Lipinski definition) is 1. The normalized spacial score (nSPS) is 6.67. The number of nitriles is 1. The highest BCUT2D eigenvalue weighted by Gasteiger charge is 1.81. The minimum Gasteiger partial charge on any atom is -0.284 e. The van der Waals surface area contributed by atoms with Crippen LogP contribution in [-0.4, -0.2) is 11.3 Å². The molecule has 0 radical (unpaired) electrons. The molecule has 2 nitrogen and oxygen atoms in total. The Labute approximate surface area is 40.7 Å². The SMILES string of the molecule is CSC(=N)C#N. The molecular weight excluding hydrogens is 96.1 g/mol. The average Bonchev–Trinajstić information content (AvgIpc) is 1.65. The van der Waals surface area contributed by atoms with Crippen molar-refractivity contribution in [2.75, 3.05) is 6.26 Å². The monoisotopic (exact) mass is 100 g/mol. The Balaban J connectivity index is 3.33. The summed E-state index contributed by atoms with van der Waals surface area (Å²) in [6, 6.07) is 1.66. The maximum atomic E-state index is 7.84. The molecule has 0 saturated carbocycles. The fourth-order valence-corrected chi connectivity index (χ4v) is 0.137. The molecule has 1 N–H and O–H groups in total. The Morgan fingerprint density at radius 1 is 2.00 bits per heavy atom. The Hall–Kier alpha value is -0.490. The van der Waals surface area contributed by atoms with Crippen LogP contribution in [0.5, 0.6) is 0 Å². The third-order valence-corrected chi connectivity index (χ3v) is 0.805. The van der Waals surface area contributed by atoms with Crippen LogP contribution in [0.15, 0.2) is 0 Å². The molecule has 0 saturated heterocycles. The molecule has 0 aliphatic carbocycles. The summed E-state index contributed by atoms with van der Waals surface area (Å²) in [6.45, 7) is 0. The summed E-state index contributed by atoms with van der Waals surface area (Å²) < 4.78 is 0. The summed E-state index contributed by atoms with van der Waals surface area (Å²) in [4.78, 5) is 0. The van der Waals surface area contributed by atoms with Gasteiger partial charge < -0.3 is 0 Å². The lowest BCUT2D eigenvalue weighted by molar-refractivity contribution is 1.51. The Morgan fingerprint density at radius 3 is 2.50 bits per heavy atom. The predicted molar refractivity (Wildman–Crippen MR) is 26.9 cm³/mol. The van der Waals surface area contributed by atoms with E-state index in [-0.39, 0.29) is 5.04 Å². The van der Waals surface area contributed by atoms with Crippen LogP contribution in [0, 0.1) is 16.7 Å². The van der Waals surface area contributed by atoms with Crippen molar-refractivity contribution in [3.05, 3.63) is 0 Å². The van der Waals surface area contributed by atoms with Gasteiger partial charge in [0.15, 0.2) is 5.04 Å². The highest BCUT2D eigenvalue weighted by atomic mass is 32.2. The standard InChI is InChI=1S/C3H4N2S/c1-6-3(5)2-4/h5H,1H3. The van der Waals surface area contributed by atoms with Crippen LogP contribution < -0.4 is 0 Å². The third-order valence-electron chi connectivity index (χ3n) is 0.306. The molecule has 32 valence electrons. The minimum atomic E-state index is 0.0648. The van der Waals surface area contributed by atoms with Gasteiger partial charge >= 0.3 is 0 Å². The van der Waals surface area contributed by atoms with Gasteiger partial charge in [0.2, 0.25) is 0 Å². The molecule has 0 aromatic rings. The molecule has 0 aromatic heterocycles. The molecule has 0 aliphatic heterocycles. The van der Waals surface area contributed by atoms with Gasteiger partial charge in [0.05, 0.1) is 0 Å². The van der Waals surface area contributed by atoms with Crippen molar-refractivity contribution in [3.63, 3.8) is 0 Å². The van der Waals surface area contributed by atoms with E-state index in [0.717, 1.165) is 11.8 Å². The van der Waals surface area contributed by atoms with Gasteiger partial charge in [0, 0.05) is 0 Å². The number of nitrogens with zero attached hydrogens (tertiary/aromatic N) is 1. The number of thioether (sulfide) groups is 1. The smallest absolute Gasteiger partial charge is 0.166 e. The van der Waals surface area contributed by atoms with Crippen molar-refractivity contribution in [3.8, 4) is 6.07 Å². The molecule has 0 aromatic carbocycles. The highest BCUT2D eigenvalue weighted by Crippen LogP contribution is 1.89. The second-order valence-electron chi connectivity index (χ2n) is 0.645. The molecule has 3 heteroatoms. The van der Waals surface area contributed by atoms with E-state index in [1.807, 2.05) is 0 Å². The highest BCUT2D eigenvalue weighted by molar-refractivity contribution is 8.13. The molecule has 0 atom stereocenters. The molecule has 0 bridgehead atoms. The van der Waals surface area contributed by atoms with Gasteiger partial charge in [0.25, 0.3) is 0 Å². The first kappa shape index (κ1) is 5.51. The number of nitrogens with one attached hydrogen (secondary N) is 1. The van der Waals surface area contributed by atoms with Gasteiger partial charge in [-0.15, -0.1) is 0 Å². The fourth-order valence-electron chi connectivity index (χ4n) is 0.0456. The van der Waals surface area contributed by atoms with Crippen LogP contribution in [0.1, 0.15) is 0 Å². The van der Waals surface area contributed by atoms with Crippen LogP contribution in [0.2, 0.25) is 0 Å². The van der Waals surface area contributed by atoms with Gasteiger partial charge in [-0.1, -0.05) is 11.8 Å². The van der Waals surface area contributed by atoms with Crippen molar-refractivity contribution in [2.24, 2.45) is 0 Å². The summed E-state index contributed by atoms with van der Waals surface area (Å²) in [5, 5.41) is 14.5. The van der Waals surface area contributed by atoms with E-state index in [1.165, 1.54) is 0 Å². The summed E-state index contributed by atoms with van der Waals surface area (Å²) in [5.74, 6) is 0. The molecule has 0 aliphatic rings. The summed E-state index contributed by atoms with van der Waals surface area (Å²) >= 11 is 1.15. The van der Waals surface area contributed by atoms with Crippen LogP contribution in [-0.2, 0) is 0 Å². The molecule has 6 heavy (non-hydrogen) atoms. The lowest BCUT2D eigenvalue weighted by Gasteiger charge is -1.73. The van der Waals surface area contributed by atoms with Gasteiger partial charge in [-0.2, -0.15) is 5.26 Å². The first-order chi connectivity index (χ1) is 2.81. The molecule has 0 amide bonds. The summed E-state index contributed by atoms with van der Waals surface area (Å²) in [6.07, 6.45) is 1.70. The zero-order valence-corrected chi connectivity index (χ0v) is 4.17. The molecule has 0 spiro atoms. The van der Waals surface area contributed by atoms with Gasteiger partial charge in [-0.25, -0.2) is 0 Å². The second-order valence-corrected chi connectivity index (χ2v) is 1.46. The van der Waals surface area contributed by atoms with E-state index in [2.05, 4.69) is 0 Å². The van der Waals surface area contributed by atoms with E-state index >= 15 is 0 Å². The first-order valence-electron chi connectivity index (χ1n) is 1.34. The van der Waals surface area contributed by atoms with Crippen molar-refractivity contribution < 1.29 is 0 Å². The van der Waals surface area contributed by atoms with Gasteiger partial charge in [-0.05, 0) is 6.26 Å². The fraction of sp³-hybridized carbons (Fsp3) is 0.333. The molecule has 0 rings (SSSR count). The maximum absolute atomic E-state index is 7.84. The zero-order valence-electron chi connectivity index (χ0n) is 3.36. The lowest BCUT2D eigenvalue weighted by atomic mass is 10.9. The second kappa shape index (κ2) is 2.73. The lowest BCUT2D eigenvalue weighted by Crippen LogP contribution is -1.75. The average molecular weight is 100 g/mol. The topological polar surface area (TPSA) is 47.6 Å². The predicted octanol–water partition coefficient (Wildman–Crippen LogP) is 0.850. The van der Waals surface area contributed by atoms with E-state index in [4.69, 9.17) is 10.7 Å². The quantitative estimate of drug-likeness (QED) is 0.362. The Kier molecular flexibility index (Phi) is 2.51. The van der Waals surface area contributed by atoms with Crippen molar-refractivity contribution >= 4 is 16.8 Å². The van der Waals surface area contributed by atoms with Crippen molar-refractivity contribution in [1.29, 1.82) is 10.7 Å². The summed E-state index contributed by atoms with van der Waals surface area (Å²) in [7, 11) is 0. The van der Waals surface area contributed by atoms with Crippen LogP contribution in [0.3, 0.4) is 0 Å². The first-order valence-corrected chi connectivity index (χ1v) is 2.56. The van der Waals surface area contributed by atoms with Crippen molar-refractivity contribution in [1.82, 2.24) is 0 Å². The molecule has 0 unspecified atom stereocenters. The third kappa shape index (κ3) is 1.79. The Bertz CT molecular complexity index is 91.5. The van der Waals surface area contributed by atoms with Crippen molar-refractivity contribution in [2.45, 2.75) is 0 Å². The summed E-state index contributed by atoms with van der Waals surface area (Å²) in [5.41, 5.74) is 0. The van der Waals surface area contributed by atoms with Gasteiger partial charge in [-0.3, -0.25) is 5.41 Å².